The summed E-state index contributed by atoms with van der Waals surface area (Å²) in [5, 5.41) is 3.55. The van der Waals surface area contributed by atoms with E-state index >= 15 is 0 Å². The van der Waals surface area contributed by atoms with E-state index in [-0.39, 0.29) is 11.8 Å². The van der Waals surface area contributed by atoms with Crippen molar-refractivity contribution in [2.75, 3.05) is 11.9 Å². The summed E-state index contributed by atoms with van der Waals surface area (Å²) in [6.07, 6.45) is 0. The fourth-order valence-electron chi connectivity index (χ4n) is 1.29. The molecule has 0 aromatic heterocycles. The van der Waals surface area contributed by atoms with E-state index in [0.717, 1.165) is 0 Å². The number of carbonyl (C=O) groups excluding carboxylic acids is 1. The van der Waals surface area contributed by atoms with Crippen LogP contribution in [-0.4, -0.2) is 12.5 Å². The van der Waals surface area contributed by atoms with Crippen LogP contribution >= 0.6 is 23.2 Å². The van der Waals surface area contributed by atoms with Crippen LogP contribution in [0.2, 0.25) is 10.0 Å². The Morgan fingerprint density at radius 3 is 2.80 bits per heavy atom. The number of hydrogen-bond donors (Lipinski definition) is 1. The van der Waals surface area contributed by atoms with E-state index < -0.39 is 0 Å². The highest BCUT2D eigenvalue weighted by Crippen LogP contribution is 2.35. The highest BCUT2D eigenvalue weighted by Gasteiger charge is 2.21. The molecule has 1 aromatic rings. The molecule has 1 aromatic carbocycles. The van der Waals surface area contributed by atoms with Crippen LogP contribution in [0.5, 0.6) is 5.75 Å². The first kappa shape index (κ1) is 10.6. The van der Waals surface area contributed by atoms with E-state index in [1.165, 1.54) is 0 Å². The molecule has 1 amide bonds. The molecule has 1 unspecified atom stereocenters. The first-order valence-corrected chi connectivity index (χ1v) is 5.26. The number of anilines is 1. The summed E-state index contributed by atoms with van der Waals surface area (Å²) in [7, 11) is 0. The minimum Gasteiger partial charge on any atom is -0.491 e. The molecule has 0 radical (unpaired) electrons. The molecule has 3 nitrogen and oxygen atoms in total. The molecule has 1 aliphatic rings. The van der Waals surface area contributed by atoms with E-state index in [1.807, 2.05) is 0 Å². The van der Waals surface area contributed by atoms with Crippen LogP contribution in [0.15, 0.2) is 12.1 Å². The minimum absolute atomic E-state index is 0.0767. The molecule has 0 spiro atoms. The van der Waals surface area contributed by atoms with Crippen molar-refractivity contribution < 1.29 is 9.53 Å². The van der Waals surface area contributed by atoms with Gasteiger partial charge in [-0.1, -0.05) is 30.1 Å². The highest BCUT2D eigenvalue weighted by atomic mass is 35.5. The molecule has 2 rings (SSSR count). The van der Waals surface area contributed by atoms with E-state index in [0.29, 0.717) is 28.1 Å². The maximum Gasteiger partial charge on any atom is 0.230 e. The number of ether oxygens (including phenoxy) is 1. The van der Waals surface area contributed by atoms with Crippen LogP contribution in [0.4, 0.5) is 5.69 Å². The van der Waals surface area contributed by atoms with Crippen molar-refractivity contribution in [2.45, 2.75) is 6.92 Å². The van der Waals surface area contributed by atoms with E-state index in [4.69, 9.17) is 27.9 Å². The van der Waals surface area contributed by atoms with Crippen LogP contribution in [0.1, 0.15) is 6.92 Å². The molecule has 1 N–H and O–H groups in total. The summed E-state index contributed by atoms with van der Waals surface area (Å²) >= 11 is 11.7. The smallest absolute Gasteiger partial charge is 0.230 e. The Kier molecular flexibility index (Phi) is 2.76. The molecule has 5 heteroatoms. The van der Waals surface area contributed by atoms with Gasteiger partial charge in [0.05, 0.1) is 28.3 Å². The minimum atomic E-state index is -0.185. The zero-order chi connectivity index (χ0) is 11.0. The van der Waals surface area contributed by atoms with Gasteiger partial charge >= 0.3 is 0 Å². The molecule has 0 saturated heterocycles. The largest absolute Gasteiger partial charge is 0.491 e. The molecule has 0 fully saturated rings. The zero-order valence-electron chi connectivity index (χ0n) is 8.01. The molecule has 1 atom stereocenters. The second-order valence-corrected chi connectivity index (χ2v) is 4.28. The second-order valence-electron chi connectivity index (χ2n) is 3.46. The fourth-order valence-corrected chi connectivity index (χ4v) is 1.61. The van der Waals surface area contributed by atoms with Crippen molar-refractivity contribution in [3.8, 4) is 5.75 Å². The second kappa shape index (κ2) is 3.91. The van der Waals surface area contributed by atoms with Crippen molar-refractivity contribution in [2.24, 2.45) is 5.92 Å². The molecule has 1 heterocycles. The third-order valence-electron chi connectivity index (χ3n) is 2.22. The quantitative estimate of drug-likeness (QED) is 0.764. The number of carbonyl (C=O) groups is 1. The molecular weight excluding hydrogens is 237 g/mol. The number of hydrogen-bond acceptors (Lipinski definition) is 2. The van der Waals surface area contributed by atoms with Gasteiger partial charge in [-0.3, -0.25) is 4.79 Å². The number of halogens is 2. The zero-order valence-corrected chi connectivity index (χ0v) is 9.52. The van der Waals surface area contributed by atoms with E-state index in [9.17, 15) is 4.79 Å². The van der Waals surface area contributed by atoms with Gasteiger partial charge in [-0.05, 0) is 6.07 Å². The number of nitrogens with one attached hydrogen (secondary N) is 1. The SMILES string of the molecule is CC1COc2cc(Cl)c(Cl)cc2NC1=O. The van der Waals surface area contributed by atoms with Gasteiger partial charge in [-0.15, -0.1) is 0 Å². The van der Waals surface area contributed by atoms with Gasteiger partial charge in [0.2, 0.25) is 5.91 Å². The maximum absolute atomic E-state index is 11.5. The van der Waals surface area contributed by atoms with Gasteiger partial charge in [0.1, 0.15) is 5.75 Å². The van der Waals surface area contributed by atoms with Crippen LogP contribution in [0, 0.1) is 5.92 Å². The molecule has 0 aliphatic carbocycles. The molecule has 80 valence electrons. The monoisotopic (exact) mass is 245 g/mol. The number of benzene rings is 1. The van der Waals surface area contributed by atoms with Gasteiger partial charge in [0, 0.05) is 6.07 Å². The third kappa shape index (κ3) is 2.03. The third-order valence-corrected chi connectivity index (χ3v) is 2.94. The molecule has 0 saturated carbocycles. The van der Waals surface area contributed by atoms with Gasteiger partial charge in [-0.25, -0.2) is 0 Å². The van der Waals surface area contributed by atoms with Gasteiger partial charge in [-0.2, -0.15) is 0 Å². The topological polar surface area (TPSA) is 38.3 Å². The summed E-state index contributed by atoms with van der Waals surface area (Å²) in [4.78, 5) is 11.5. The number of amides is 1. The average Bonchev–Trinajstić information content (AvgIpc) is 2.31. The summed E-state index contributed by atoms with van der Waals surface area (Å²) in [5.74, 6) is 0.296. The van der Waals surface area contributed by atoms with Gasteiger partial charge in [0.15, 0.2) is 0 Å². The first-order valence-electron chi connectivity index (χ1n) is 4.50. The van der Waals surface area contributed by atoms with Crippen LogP contribution in [0.25, 0.3) is 0 Å². The predicted octanol–water partition coefficient (Wildman–Crippen LogP) is 2.96. The Morgan fingerprint density at radius 1 is 1.40 bits per heavy atom. The highest BCUT2D eigenvalue weighted by molar-refractivity contribution is 6.42. The lowest BCUT2D eigenvalue weighted by Gasteiger charge is -2.07. The van der Waals surface area contributed by atoms with E-state index in [2.05, 4.69) is 5.32 Å². The lowest BCUT2D eigenvalue weighted by molar-refractivity contribution is -0.119. The Morgan fingerprint density at radius 2 is 2.07 bits per heavy atom. The lowest BCUT2D eigenvalue weighted by atomic mass is 10.2. The van der Waals surface area contributed by atoms with Crippen molar-refractivity contribution in [1.29, 1.82) is 0 Å². The number of fused-ring (bicyclic) bond motifs is 1. The summed E-state index contributed by atoms with van der Waals surface area (Å²) < 4.78 is 5.44. The fraction of sp³-hybridized carbons (Fsp3) is 0.300. The Bertz CT molecular complexity index is 420. The number of rotatable bonds is 0. The summed E-state index contributed by atoms with van der Waals surface area (Å²) in [6.45, 7) is 2.14. The van der Waals surface area contributed by atoms with Gasteiger partial charge in [0.25, 0.3) is 0 Å². The standard InChI is InChI=1S/C10H9Cl2NO2/c1-5-4-15-9-3-7(12)6(11)2-8(9)13-10(5)14/h2-3,5H,4H2,1H3,(H,13,14). The lowest BCUT2D eigenvalue weighted by Crippen LogP contribution is -2.21. The molecule has 0 bridgehead atoms. The first-order chi connectivity index (χ1) is 7.08. The maximum atomic E-state index is 11.5. The van der Waals surface area contributed by atoms with Crippen molar-refractivity contribution >= 4 is 34.8 Å². The van der Waals surface area contributed by atoms with E-state index in [1.54, 1.807) is 19.1 Å². The van der Waals surface area contributed by atoms with Gasteiger partial charge < -0.3 is 10.1 Å². The van der Waals surface area contributed by atoms with Crippen molar-refractivity contribution in [3.63, 3.8) is 0 Å². The van der Waals surface area contributed by atoms with Crippen LogP contribution in [0.3, 0.4) is 0 Å². The Balaban J connectivity index is 2.43. The summed E-state index contributed by atoms with van der Waals surface area (Å²) in [5.41, 5.74) is 0.568. The van der Waals surface area contributed by atoms with Crippen LogP contribution in [-0.2, 0) is 4.79 Å². The molecule has 15 heavy (non-hydrogen) atoms. The normalized spacial score (nSPS) is 19.9. The molecule has 1 aliphatic heterocycles. The predicted molar refractivity (Wildman–Crippen MR) is 59.8 cm³/mol. The van der Waals surface area contributed by atoms with Crippen molar-refractivity contribution in [1.82, 2.24) is 0 Å². The summed E-state index contributed by atoms with van der Waals surface area (Å²) in [6, 6.07) is 3.20. The Labute approximate surface area is 97.3 Å². The average molecular weight is 246 g/mol. The van der Waals surface area contributed by atoms with Crippen LogP contribution < -0.4 is 10.1 Å². The Hall–Kier alpha value is -0.930. The molecular formula is C10H9Cl2NO2. The van der Waals surface area contributed by atoms with Crippen molar-refractivity contribution in [3.05, 3.63) is 22.2 Å².